The Hall–Kier alpha value is -1.48. The number of hydrogen-bond donors (Lipinski definition) is 4. The Bertz CT molecular complexity index is 533. The van der Waals surface area contributed by atoms with Crippen molar-refractivity contribution in [2.45, 2.75) is 103 Å². The quantitative estimate of drug-likeness (QED) is 0.0634. The van der Waals surface area contributed by atoms with Crippen LogP contribution in [-0.4, -0.2) is 85.9 Å². The molecule has 36 heavy (non-hydrogen) atoms. The zero-order valence-electron chi connectivity index (χ0n) is 23.9. The van der Waals surface area contributed by atoms with Crippen molar-refractivity contribution in [2.75, 3.05) is 54.4 Å². The maximum absolute atomic E-state index is 11.8. The lowest BCUT2D eigenvalue weighted by Gasteiger charge is -2.19. The van der Waals surface area contributed by atoms with Crippen LogP contribution in [-0.2, 0) is 9.59 Å². The topological polar surface area (TPSA) is 98.7 Å². The summed E-state index contributed by atoms with van der Waals surface area (Å²) in [4.78, 5) is 23.6. The average Bonchev–Trinajstić information content (AvgIpc) is 2.78. The number of quaternary nitrogens is 2. The van der Waals surface area contributed by atoms with E-state index in [1.54, 1.807) is 28.2 Å². The Morgan fingerprint density at radius 3 is 1.25 bits per heavy atom. The van der Waals surface area contributed by atoms with E-state index in [1.807, 2.05) is 0 Å². The molecule has 0 heterocycles. The molecule has 0 aliphatic rings. The van der Waals surface area contributed by atoms with E-state index < -0.39 is 0 Å². The maximum Gasteiger partial charge on any atom is 0.219 e. The van der Waals surface area contributed by atoms with E-state index in [0.29, 0.717) is 39.0 Å². The summed E-state index contributed by atoms with van der Waals surface area (Å²) < 4.78 is -0.110. The third kappa shape index (κ3) is 28.8. The Morgan fingerprint density at radius 1 is 0.556 bits per heavy atom. The molecular weight excluding hydrogens is 456 g/mol. The van der Waals surface area contributed by atoms with E-state index in [0.717, 1.165) is 51.4 Å². The molecule has 0 rings (SSSR count). The first-order valence-corrected chi connectivity index (χ1v) is 14.3. The van der Waals surface area contributed by atoms with Gasteiger partial charge in [-0.2, -0.15) is 9.29 Å². The summed E-state index contributed by atoms with van der Waals surface area (Å²) in [6.07, 6.45) is 21.1. The Balaban J connectivity index is 3.34. The summed E-state index contributed by atoms with van der Waals surface area (Å²) in [6.45, 7) is 2.56. The smallest absolute Gasteiger partial charge is 0.219 e. The second kappa shape index (κ2) is 21.6. The van der Waals surface area contributed by atoms with Crippen molar-refractivity contribution >= 4 is 11.8 Å². The van der Waals surface area contributed by atoms with Gasteiger partial charge < -0.3 is 10.6 Å². The average molecular weight is 515 g/mol. The summed E-state index contributed by atoms with van der Waals surface area (Å²) in [5, 5.41) is 25.0. The number of amides is 2. The fraction of sp³-hybridized carbons (Fsp3) is 0.857. The van der Waals surface area contributed by atoms with Crippen molar-refractivity contribution in [1.29, 1.82) is 0 Å². The minimum Gasteiger partial charge on any atom is -0.356 e. The summed E-state index contributed by atoms with van der Waals surface area (Å²) in [6, 6.07) is 0. The third-order valence-electron chi connectivity index (χ3n) is 6.12. The van der Waals surface area contributed by atoms with Crippen LogP contribution in [0.2, 0.25) is 0 Å². The number of nitrogens with one attached hydrogen (secondary N) is 2. The second-order valence-corrected chi connectivity index (χ2v) is 11.2. The largest absolute Gasteiger partial charge is 0.356 e. The van der Waals surface area contributed by atoms with Crippen LogP contribution in [0, 0.1) is 0 Å². The predicted molar refractivity (Wildman–Crippen MR) is 147 cm³/mol. The van der Waals surface area contributed by atoms with Crippen molar-refractivity contribution in [3.63, 3.8) is 0 Å². The Kier molecular flexibility index (Phi) is 20.7. The van der Waals surface area contributed by atoms with E-state index in [9.17, 15) is 20.0 Å². The van der Waals surface area contributed by atoms with Crippen molar-refractivity contribution in [2.24, 2.45) is 0 Å². The zero-order chi connectivity index (χ0) is 27.1. The van der Waals surface area contributed by atoms with E-state index in [2.05, 4.69) is 22.8 Å². The van der Waals surface area contributed by atoms with Crippen molar-refractivity contribution in [1.82, 2.24) is 10.6 Å². The molecule has 0 saturated heterocycles. The highest BCUT2D eigenvalue weighted by Gasteiger charge is 2.10. The molecule has 0 radical (unpaired) electrons. The van der Waals surface area contributed by atoms with Crippen LogP contribution in [0.5, 0.6) is 0 Å². The van der Waals surface area contributed by atoms with Gasteiger partial charge in [-0.15, -0.1) is 0 Å². The lowest BCUT2D eigenvalue weighted by atomic mass is 10.1. The highest BCUT2D eigenvalue weighted by molar-refractivity contribution is 5.76. The highest BCUT2D eigenvalue weighted by Crippen LogP contribution is 2.10. The number of rotatable bonds is 24. The molecule has 212 valence electrons. The van der Waals surface area contributed by atoms with Crippen LogP contribution in [0.25, 0.3) is 0 Å². The number of unbranched alkanes of at least 4 members (excludes halogenated alkanes) is 10. The molecule has 0 aliphatic heterocycles. The van der Waals surface area contributed by atoms with Gasteiger partial charge in [0.25, 0.3) is 0 Å². The van der Waals surface area contributed by atoms with Gasteiger partial charge in [-0.1, -0.05) is 50.7 Å². The van der Waals surface area contributed by atoms with Crippen LogP contribution in [0.3, 0.4) is 0 Å². The summed E-state index contributed by atoms with van der Waals surface area (Å²) >= 11 is 0. The molecule has 0 aromatic rings. The van der Waals surface area contributed by atoms with Crippen LogP contribution < -0.4 is 10.6 Å². The van der Waals surface area contributed by atoms with Gasteiger partial charge in [0.15, 0.2) is 0 Å². The summed E-state index contributed by atoms with van der Waals surface area (Å²) in [7, 11) is 6.93. The van der Waals surface area contributed by atoms with Gasteiger partial charge in [0.2, 0.25) is 11.8 Å². The third-order valence-corrected chi connectivity index (χ3v) is 6.12. The number of allylic oxidation sites excluding steroid dienone is 2. The van der Waals surface area contributed by atoms with Gasteiger partial charge in [-0.3, -0.25) is 9.59 Å². The van der Waals surface area contributed by atoms with Crippen molar-refractivity contribution in [3.8, 4) is 0 Å². The first-order chi connectivity index (χ1) is 17.0. The molecule has 8 nitrogen and oxygen atoms in total. The minimum atomic E-state index is -0.0548. The van der Waals surface area contributed by atoms with Crippen molar-refractivity contribution in [3.05, 3.63) is 12.2 Å². The molecule has 0 aromatic carbocycles. The predicted octanol–water partition coefficient (Wildman–Crippen LogP) is 4.95. The Morgan fingerprint density at radius 2 is 0.889 bits per heavy atom. The summed E-state index contributed by atoms with van der Waals surface area (Å²) in [5.74, 6) is 0.251. The van der Waals surface area contributed by atoms with Crippen molar-refractivity contribution < 1.29 is 29.3 Å². The standard InChI is InChI=1S/C28H56N4O4/c1-31(2,35)25-19-23-29-27(33)21-17-15-13-11-9-7-5-6-8-10-12-14-16-18-22-28(34)30-24-20-26-32(3,4)36/h5-6,35-36H,7-26H2,1-4H3/p+2. The molecule has 8 heteroatoms. The fourth-order valence-corrected chi connectivity index (χ4v) is 3.96. The van der Waals surface area contributed by atoms with E-state index in [1.165, 1.54) is 38.5 Å². The molecule has 0 spiro atoms. The van der Waals surface area contributed by atoms with Crippen LogP contribution in [0.1, 0.15) is 103 Å². The maximum atomic E-state index is 11.8. The van der Waals surface area contributed by atoms with Crippen LogP contribution in [0.4, 0.5) is 0 Å². The second-order valence-electron chi connectivity index (χ2n) is 11.2. The lowest BCUT2D eigenvalue weighted by molar-refractivity contribution is -1.07. The molecule has 0 aromatic heterocycles. The molecule has 0 unspecified atom stereocenters. The van der Waals surface area contributed by atoms with Gasteiger partial charge in [0, 0.05) is 38.8 Å². The first kappa shape index (κ1) is 34.5. The number of hydrogen-bond acceptors (Lipinski definition) is 4. The first-order valence-electron chi connectivity index (χ1n) is 14.3. The molecular formula is C28H58N4O4+2. The number of nitrogens with zero attached hydrogens (tertiary/aromatic N) is 2. The molecule has 0 atom stereocenters. The highest BCUT2D eigenvalue weighted by atomic mass is 16.5. The normalized spacial score (nSPS) is 12.3. The molecule has 4 N–H and O–H groups in total. The minimum absolute atomic E-state index is 0.0548. The lowest BCUT2D eigenvalue weighted by Crippen LogP contribution is -2.38. The van der Waals surface area contributed by atoms with Gasteiger partial charge in [0.1, 0.15) is 13.1 Å². The molecule has 2 amide bonds. The van der Waals surface area contributed by atoms with Gasteiger partial charge >= 0.3 is 0 Å². The zero-order valence-corrected chi connectivity index (χ0v) is 23.9. The summed E-state index contributed by atoms with van der Waals surface area (Å²) in [5.41, 5.74) is 0. The molecule has 0 aliphatic carbocycles. The SMILES string of the molecule is C[N+](C)(O)CCCNC(=O)CCCCCCCC=CCCCCCCCC(=O)NCCC[N+](C)(C)O. The van der Waals surface area contributed by atoms with Gasteiger partial charge in [-0.05, 0) is 38.5 Å². The monoisotopic (exact) mass is 514 g/mol. The van der Waals surface area contributed by atoms with Gasteiger partial charge in [0.05, 0.1) is 28.2 Å². The van der Waals surface area contributed by atoms with Crippen LogP contribution >= 0.6 is 0 Å². The molecule has 0 bridgehead atoms. The fourth-order valence-electron chi connectivity index (χ4n) is 3.96. The number of hydroxylamine groups is 6. The van der Waals surface area contributed by atoms with E-state index >= 15 is 0 Å². The number of carbonyl (C=O) groups is 2. The van der Waals surface area contributed by atoms with E-state index in [4.69, 9.17) is 0 Å². The van der Waals surface area contributed by atoms with Gasteiger partial charge in [-0.25, -0.2) is 10.4 Å². The Labute approximate surface area is 221 Å². The molecule has 0 saturated carbocycles. The van der Waals surface area contributed by atoms with E-state index in [-0.39, 0.29) is 21.1 Å². The van der Waals surface area contributed by atoms with Crippen LogP contribution in [0.15, 0.2) is 12.2 Å². The molecule has 0 fully saturated rings. The number of carbonyl (C=O) groups excluding carboxylic acids is 2.